The Kier molecular flexibility index (Phi) is 8.57. The molecule has 0 spiro atoms. The van der Waals surface area contributed by atoms with Crippen LogP contribution in [0.1, 0.15) is 19.8 Å². The first-order valence-corrected chi connectivity index (χ1v) is 5.66. The third-order valence-electron chi connectivity index (χ3n) is 1.64. The summed E-state index contributed by atoms with van der Waals surface area (Å²) in [6.07, 6.45) is 4.51. The van der Waals surface area contributed by atoms with Crippen LogP contribution in [-0.4, -0.2) is 31.1 Å². The van der Waals surface area contributed by atoms with Gasteiger partial charge in [-0.25, -0.2) is 0 Å². The second-order valence-corrected chi connectivity index (χ2v) is 3.65. The largest absolute Gasteiger partial charge is 0.329 e. The standard InChI is InChI=1S/C8H20N2S/c1-3-5-10-8(7-9)4-6-11-2/h8,10H,3-7,9H2,1-2H3. The van der Waals surface area contributed by atoms with Crippen molar-refractivity contribution in [3.63, 3.8) is 0 Å². The lowest BCUT2D eigenvalue weighted by Gasteiger charge is -2.15. The van der Waals surface area contributed by atoms with Gasteiger partial charge >= 0.3 is 0 Å². The number of nitrogens with one attached hydrogen (secondary N) is 1. The number of hydrogen-bond acceptors (Lipinski definition) is 3. The van der Waals surface area contributed by atoms with Crippen LogP contribution in [0.15, 0.2) is 0 Å². The van der Waals surface area contributed by atoms with Crippen molar-refractivity contribution in [3.8, 4) is 0 Å². The molecule has 0 aromatic carbocycles. The van der Waals surface area contributed by atoms with Gasteiger partial charge in [-0.15, -0.1) is 0 Å². The summed E-state index contributed by atoms with van der Waals surface area (Å²) in [5.41, 5.74) is 5.58. The summed E-state index contributed by atoms with van der Waals surface area (Å²) in [7, 11) is 0. The molecule has 0 aliphatic carbocycles. The molecular formula is C8H20N2S. The van der Waals surface area contributed by atoms with Crippen molar-refractivity contribution in [3.05, 3.63) is 0 Å². The summed E-state index contributed by atoms with van der Waals surface area (Å²) < 4.78 is 0. The minimum atomic E-state index is 0.530. The highest BCUT2D eigenvalue weighted by Gasteiger charge is 2.02. The normalized spacial score (nSPS) is 13.4. The molecule has 0 heterocycles. The molecule has 0 aliphatic heterocycles. The average molecular weight is 176 g/mol. The maximum atomic E-state index is 5.58. The minimum Gasteiger partial charge on any atom is -0.329 e. The molecule has 0 amide bonds. The molecule has 0 saturated heterocycles. The zero-order valence-electron chi connectivity index (χ0n) is 7.60. The Balaban J connectivity index is 3.25. The molecule has 11 heavy (non-hydrogen) atoms. The van der Waals surface area contributed by atoms with Crippen molar-refractivity contribution in [2.24, 2.45) is 5.73 Å². The first-order valence-electron chi connectivity index (χ1n) is 4.27. The van der Waals surface area contributed by atoms with Gasteiger partial charge in [0.25, 0.3) is 0 Å². The van der Waals surface area contributed by atoms with E-state index in [4.69, 9.17) is 5.73 Å². The van der Waals surface area contributed by atoms with Crippen molar-refractivity contribution in [1.82, 2.24) is 5.32 Å². The SMILES string of the molecule is CCCNC(CN)CCSC. The molecule has 0 rings (SSSR count). The van der Waals surface area contributed by atoms with E-state index in [1.165, 1.54) is 18.6 Å². The van der Waals surface area contributed by atoms with Crippen LogP contribution in [0.25, 0.3) is 0 Å². The van der Waals surface area contributed by atoms with Crippen LogP contribution in [0.4, 0.5) is 0 Å². The van der Waals surface area contributed by atoms with Gasteiger partial charge < -0.3 is 11.1 Å². The fourth-order valence-electron chi connectivity index (χ4n) is 0.912. The lowest BCUT2D eigenvalue weighted by molar-refractivity contribution is 0.508. The van der Waals surface area contributed by atoms with Gasteiger partial charge in [0.05, 0.1) is 0 Å². The number of rotatable bonds is 7. The summed E-state index contributed by atoms with van der Waals surface area (Å²) in [5, 5.41) is 3.42. The lowest BCUT2D eigenvalue weighted by Crippen LogP contribution is -2.36. The molecular weight excluding hydrogens is 156 g/mol. The predicted octanol–water partition coefficient (Wildman–Crippen LogP) is 1.07. The molecule has 0 bridgehead atoms. The van der Waals surface area contributed by atoms with Crippen molar-refractivity contribution in [2.45, 2.75) is 25.8 Å². The van der Waals surface area contributed by atoms with Gasteiger partial charge in [0, 0.05) is 12.6 Å². The summed E-state index contributed by atoms with van der Waals surface area (Å²) >= 11 is 1.88. The van der Waals surface area contributed by atoms with Crippen LogP contribution in [-0.2, 0) is 0 Å². The summed E-state index contributed by atoms with van der Waals surface area (Å²) in [6.45, 7) is 4.03. The Hall–Kier alpha value is 0.270. The third-order valence-corrected chi connectivity index (χ3v) is 2.28. The maximum Gasteiger partial charge on any atom is 0.0198 e. The monoisotopic (exact) mass is 176 g/mol. The van der Waals surface area contributed by atoms with Gasteiger partial charge in [0.1, 0.15) is 0 Å². The van der Waals surface area contributed by atoms with E-state index < -0.39 is 0 Å². The van der Waals surface area contributed by atoms with Crippen LogP contribution >= 0.6 is 11.8 Å². The zero-order valence-corrected chi connectivity index (χ0v) is 8.41. The topological polar surface area (TPSA) is 38.0 Å². The molecule has 1 atom stereocenters. The van der Waals surface area contributed by atoms with Gasteiger partial charge in [-0.1, -0.05) is 6.92 Å². The summed E-state index contributed by atoms with van der Waals surface area (Å²) in [5.74, 6) is 1.21. The van der Waals surface area contributed by atoms with Crippen LogP contribution in [0, 0.1) is 0 Å². The van der Waals surface area contributed by atoms with E-state index in [9.17, 15) is 0 Å². The van der Waals surface area contributed by atoms with E-state index in [1.54, 1.807) is 0 Å². The Morgan fingerprint density at radius 1 is 1.55 bits per heavy atom. The van der Waals surface area contributed by atoms with Gasteiger partial charge in [-0.2, -0.15) is 11.8 Å². The van der Waals surface area contributed by atoms with E-state index in [0.717, 1.165) is 13.1 Å². The highest BCUT2D eigenvalue weighted by atomic mass is 32.2. The predicted molar refractivity (Wildman–Crippen MR) is 54.1 cm³/mol. The Labute approximate surface area is 74.3 Å². The second-order valence-electron chi connectivity index (χ2n) is 2.67. The highest BCUT2D eigenvalue weighted by Crippen LogP contribution is 1.99. The van der Waals surface area contributed by atoms with Crippen LogP contribution in [0.3, 0.4) is 0 Å². The smallest absolute Gasteiger partial charge is 0.0198 e. The molecule has 0 aromatic heterocycles. The molecule has 0 saturated carbocycles. The molecule has 0 radical (unpaired) electrons. The second kappa shape index (κ2) is 8.37. The molecule has 3 heteroatoms. The lowest BCUT2D eigenvalue weighted by atomic mass is 10.2. The minimum absolute atomic E-state index is 0.530. The molecule has 0 aliphatic rings. The van der Waals surface area contributed by atoms with E-state index in [-0.39, 0.29) is 0 Å². The van der Waals surface area contributed by atoms with Crippen LogP contribution in [0.5, 0.6) is 0 Å². The summed E-state index contributed by atoms with van der Waals surface area (Å²) in [6, 6.07) is 0.530. The van der Waals surface area contributed by atoms with Crippen LogP contribution in [0.2, 0.25) is 0 Å². The van der Waals surface area contributed by atoms with Crippen molar-refractivity contribution < 1.29 is 0 Å². The van der Waals surface area contributed by atoms with E-state index in [0.29, 0.717) is 6.04 Å². The molecule has 1 unspecified atom stereocenters. The third kappa shape index (κ3) is 6.66. The maximum absolute atomic E-state index is 5.58. The first kappa shape index (κ1) is 11.3. The zero-order chi connectivity index (χ0) is 8.53. The average Bonchev–Trinajstić information content (AvgIpc) is 2.05. The number of nitrogens with two attached hydrogens (primary N) is 1. The van der Waals surface area contributed by atoms with Gasteiger partial charge in [-0.3, -0.25) is 0 Å². The van der Waals surface area contributed by atoms with Crippen LogP contribution < -0.4 is 11.1 Å². The molecule has 0 fully saturated rings. The van der Waals surface area contributed by atoms with Gasteiger partial charge in [0.2, 0.25) is 0 Å². The molecule has 3 N–H and O–H groups in total. The van der Waals surface area contributed by atoms with E-state index in [1.807, 2.05) is 11.8 Å². The van der Waals surface area contributed by atoms with Gasteiger partial charge in [-0.05, 0) is 31.4 Å². The van der Waals surface area contributed by atoms with Gasteiger partial charge in [0.15, 0.2) is 0 Å². The Morgan fingerprint density at radius 3 is 2.73 bits per heavy atom. The van der Waals surface area contributed by atoms with E-state index in [2.05, 4.69) is 18.5 Å². The quantitative estimate of drug-likeness (QED) is 0.609. The summed E-state index contributed by atoms with van der Waals surface area (Å²) in [4.78, 5) is 0. The van der Waals surface area contributed by atoms with Crippen molar-refractivity contribution in [2.75, 3.05) is 25.1 Å². The van der Waals surface area contributed by atoms with E-state index >= 15 is 0 Å². The van der Waals surface area contributed by atoms with Crippen molar-refractivity contribution in [1.29, 1.82) is 0 Å². The first-order chi connectivity index (χ1) is 5.35. The molecule has 0 aromatic rings. The Bertz CT molecular complexity index is 70.5. The fourth-order valence-corrected chi connectivity index (χ4v) is 1.43. The fraction of sp³-hybridized carbons (Fsp3) is 1.00. The molecule has 2 nitrogen and oxygen atoms in total. The Morgan fingerprint density at radius 2 is 2.27 bits per heavy atom. The molecule has 68 valence electrons. The highest BCUT2D eigenvalue weighted by molar-refractivity contribution is 7.98. The number of hydrogen-bond donors (Lipinski definition) is 2. The number of thioether (sulfide) groups is 1. The van der Waals surface area contributed by atoms with Crippen molar-refractivity contribution >= 4 is 11.8 Å².